The zero-order valence-electron chi connectivity index (χ0n) is 9.61. The van der Waals surface area contributed by atoms with Crippen molar-refractivity contribution in [2.24, 2.45) is 0 Å². The highest BCUT2D eigenvalue weighted by Gasteiger charge is 2.50. The van der Waals surface area contributed by atoms with Crippen LogP contribution in [0.3, 0.4) is 0 Å². The van der Waals surface area contributed by atoms with Gasteiger partial charge >= 0.3 is 6.09 Å². The number of carbonyl (C=O) groups excluding carboxylic acids is 1. The van der Waals surface area contributed by atoms with E-state index in [-0.39, 0.29) is 0 Å². The van der Waals surface area contributed by atoms with Crippen LogP contribution >= 0.6 is 0 Å². The second-order valence-corrected chi connectivity index (χ2v) is 4.06. The Morgan fingerprint density at radius 1 is 1.24 bits per heavy atom. The standard InChI is InChI=1S/C10H16N2O5/c1-16-9-7(13)5-3-4-6(8(9)14)12(5)11-10(15)17-2/h3-9,13-14H,1-2H3,(H,11,15)/t5-,6+,7+,8-,9?. The molecule has 0 aliphatic carbocycles. The van der Waals surface area contributed by atoms with Crippen molar-refractivity contribution in [1.29, 1.82) is 0 Å². The van der Waals surface area contributed by atoms with E-state index in [0.29, 0.717) is 0 Å². The third-order valence-electron chi connectivity index (χ3n) is 3.20. The Hall–Kier alpha value is -1.15. The van der Waals surface area contributed by atoms with Crippen molar-refractivity contribution < 1.29 is 24.5 Å². The molecule has 0 radical (unpaired) electrons. The third kappa shape index (κ3) is 1.91. The maximum absolute atomic E-state index is 11.2. The first-order chi connectivity index (χ1) is 8.10. The van der Waals surface area contributed by atoms with E-state index in [1.807, 2.05) is 0 Å². The smallest absolute Gasteiger partial charge is 0.421 e. The summed E-state index contributed by atoms with van der Waals surface area (Å²) in [5.74, 6) is 0. The van der Waals surface area contributed by atoms with Gasteiger partial charge in [-0.2, -0.15) is 5.01 Å². The molecule has 0 aromatic rings. The van der Waals surface area contributed by atoms with Gasteiger partial charge in [0.1, 0.15) is 18.3 Å². The van der Waals surface area contributed by atoms with Gasteiger partial charge in [0.05, 0.1) is 19.2 Å². The number of piperidine rings is 1. The number of fused-ring (bicyclic) bond motifs is 2. The van der Waals surface area contributed by atoms with E-state index < -0.39 is 36.5 Å². The van der Waals surface area contributed by atoms with Gasteiger partial charge in [-0.15, -0.1) is 0 Å². The van der Waals surface area contributed by atoms with Gasteiger partial charge in [0.25, 0.3) is 0 Å². The summed E-state index contributed by atoms with van der Waals surface area (Å²) in [5, 5.41) is 21.5. The number of ether oxygens (including phenoxy) is 2. The lowest BCUT2D eigenvalue weighted by atomic mass is 9.94. The number of nitrogens with zero attached hydrogens (tertiary/aromatic N) is 1. The number of aliphatic hydroxyl groups is 2. The molecule has 0 saturated carbocycles. The minimum Gasteiger partial charge on any atom is -0.452 e. The molecule has 0 aromatic heterocycles. The first-order valence-electron chi connectivity index (χ1n) is 5.30. The Bertz CT molecular complexity index is 315. The minimum absolute atomic E-state index is 0.424. The first kappa shape index (κ1) is 12.3. The molecule has 1 saturated heterocycles. The fraction of sp³-hybridized carbons (Fsp3) is 0.700. The average molecular weight is 244 g/mol. The molecule has 0 spiro atoms. The van der Waals surface area contributed by atoms with Crippen LogP contribution in [0.15, 0.2) is 12.2 Å². The molecule has 17 heavy (non-hydrogen) atoms. The molecule has 1 amide bonds. The summed E-state index contributed by atoms with van der Waals surface area (Å²) in [5.41, 5.74) is 2.47. The van der Waals surface area contributed by atoms with Crippen molar-refractivity contribution in [3.8, 4) is 0 Å². The van der Waals surface area contributed by atoms with E-state index in [2.05, 4.69) is 10.2 Å². The van der Waals surface area contributed by atoms with Crippen LogP contribution in [0.25, 0.3) is 0 Å². The lowest BCUT2D eigenvalue weighted by Crippen LogP contribution is -2.67. The molecular formula is C10H16N2O5. The molecule has 5 atom stereocenters. The molecule has 2 heterocycles. The maximum atomic E-state index is 11.2. The highest BCUT2D eigenvalue weighted by molar-refractivity contribution is 5.66. The second kappa shape index (κ2) is 4.61. The monoisotopic (exact) mass is 244 g/mol. The van der Waals surface area contributed by atoms with Gasteiger partial charge in [0, 0.05) is 7.11 Å². The highest BCUT2D eigenvalue weighted by Crippen LogP contribution is 2.31. The third-order valence-corrected chi connectivity index (χ3v) is 3.20. The zero-order valence-corrected chi connectivity index (χ0v) is 9.61. The summed E-state index contributed by atoms with van der Waals surface area (Å²) >= 11 is 0. The van der Waals surface area contributed by atoms with Crippen molar-refractivity contribution in [1.82, 2.24) is 10.4 Å². The normalized spacial score (nSPS) is 40.4. The highest BCUT2D eigenvalue weighted by atomic mass is 16.5. The van der Waals surface area contributed by atoms with Crippen LogP contribution in [0.1, 0.15) is 0 Å². The molecule has 0 aromatic carbocycles. The van der Waals surface area contributed by atoms with E-state index >= 15 is 0 Å². The summed E-state index contributed by atoms with van der Waals surface area (Å²) in [4.78, 5) is 11.2. The zero-order chi connectivity index (χ0) is 12.6. The second-order valence-electron chi connectivity index (χ2n) is 4.06. The van der Waals surface area contributed by atoms with Crippen molar-refractivity contribution in [3.05, 3.63) is 12.2 Å². The van der Waals surface area contributed by atoms with Gasteiger partial charge in [0.2, 0.25) is 0 Å². The molecular weight excluding hydrogens is 228 g/mol. The van der Waals surface area contributed by atoms with Gasteiger partial charge in [-0.25, -0.2) is 4.79 Å². The number of methoxy groups -OCH3 is 2. The summed E-state index contributed by atoms with van der Waals surface area (Å²) < 4.78 is 9.55. The number of nitrogens with one attached hydrogen (secondary N) is 1. The Kier molecular flexibility index (Phi) is 3.34. The number of rotatable bonds is 2. The lowest BCUT2D eigenvalue weighted by Gasteiger charge is -2.44. The molecule has 7 heteroatoms. The van der Waals surface area contributed by atoms with Gasteiger partial charge in [-0.3, -0.25) is 5.43 Å². The van der Waals surface area contributed by atoms with Crippen LogP contribution in [-0.4, -0.2) is 65.9 Å². The topological polar surface area (TPSA) is 91.3 Å². The molecule has 1 unspecified atom stereocenters. The number of aliphatic hydroxyl groups excluding tert-OH is 2. The SMILES string of the molecule is COC(=O)NN1[C@@H]2C=C[C@H]1[C@@H](O)C(OC)[C@H]2O. The predicted octanol–water partition coefficient (Wildman–Crippen LogP) is -1.38. The van der Waals surface area contributed by atoms with Crippen molar-refractivity contribution in [2.45, 2.75) is 30.4 Å². The minimum atomic E-state index is -0.915. The van der Waals surface area contributed by atoms with Crippen LogP contribution in [0.4, 0.5) is 4.79 Å². The van der Waals surface area contributed by atoms with E-state index in [1.54, 1.807) is 12.2 Å². The van der Waals surface area contributed by atoms with Crippen LogP contribution in [0.2, 0.25) is 0 Å². The summed E-state index contributed by atoms with van der Waals surface area (Å²) in [6.45, 7) is 0. The quantitative estimate of drug-likeness (QED) is 0.518. The van der Waals surface area contributed by atoms with E-state index in [0.717, 1.165) is 0 Å². The summed E-state index contributed by atoms with van der Waals surface area (Å²) in [6, 6.07) is -0.847. The largest absolute Gasteiger partial charge is 0.452 e. The number of amides is 1. The predicted molar refractivity (Wildman–Crippen MR) is 56.9 cm³/mol. The fourth-order valence-electron chi connectivity index (χ4n) is 2.34. The van der Waals surface area contributed by atoms with Gasteiger partial charge in [-0.1, -0.05) is 12.2 Å². The average Bonchev–Trinajstić information content (AvgIpc) is 2.67. The first-order valence-corrected chi connectivity index (χ1v) is 5.30. The van der Waals surface area contributed by atoms with E-state index in [4.69, 9.17) is 4.74 Å². The molecule has 96 valence electrons. The van der Waals surface area contributed by atoms with Crippen LogP contribution in [-0.2, 0) is 9.47 Å². The maximum Gasteiger partial charge on any atom is 0.421 e. The number of carbonyl (C=O) groups is 1. The Morgan fingerprint density at radius 2 is 1.76 bits per heavy atom. The fourth-order valence-corrected chi connectivity index (χ4v) is 2.34. The van der Waals surface area contributed by atoms with Crippen LogP contribution < -0.4 is 5.43 Å². The van der Waals surface area contributed by atoms with Gasteiger partial charge < -0.3 is 19.7 Å². The van der Waals surface area contributed by atoms with E-state index in [1.165, 1.54) is 19.2 Å². The molecule has 7 nitrogen and oxygen atoms in total. The number of hydrogen-bond acceptors (Lipinski definition) is 6. The molecule has 2 bridgehead atoms. The molecule has 2 aliphatic rings. The number of hydrazine groups is 1. The van der Waals surface area contributed by atoms with Gasteiger partial charge in [0.15, 0.2) is 0 Å². The van der Waals surface area contributed by atoms with Crippen molar-refractivity contribution >= 4 is 6.09 Å². The van der Waals surface area contributed by atoms with Crippen LogP contribution in [0, 0.1) is 0 Å². The van der Waals surface area contributed by atoms with Crippen LogP contribution in [0.5, 0.6) is 0 Å². The number of hydrogen-bond donors (Lipinski definition) is 3. The summed E-state index contributed by atoms with van der Waals surface area (Å²) in [6.07, 6.45) is 0.320. The van der Waals surface area contributed by atoms with E-state index in [9.17, 15) is 15.0 Å². The van der Waals surface area contributed by atoms with Crippen molar-refractivity contribution in [3.63, 3.8) is 0 Å². The molecule has 2 rings (SSSR count). The van der Waals surface area contributed by atoms with Crippen molar-refractivity contribution in [2.75, 3.05) is 14.2 Å². The molecule has 2 aliphatic heterocycles. The summed E-state index contributed by atoms with van der Waals surface area (Å²) in [7, 11) is 2.68. The lowest BCUT2D eigenvalue weighted by molar-refractivity contribution is -0.158. The Balaban J connectivity index is 2.15. The van der Waals surface area contributed by atoms with Gasteiger partial charge in [-0.05, 0) is 0 Å². The molecule has 1 fully saturated rings. The Labute approximate surface area is 98.6 Å². The Morgan fingerprint density at radius 3 is 2.18 bits per heavy atom. The molecule has 3 N–H and O–H groups in total.